The highest BCUT2D eigenvalue weighted by molar-refractivity contribution is 5.93. The molecule has 2 aromatic heterocycles. The SMILES string of the molecule is CCCCN(Cc1cc2ccccc2n1C)C(=O)c1ccoc1. The van der Waals surface area contributed by atoms with E-state index in [9.17, 15) is 4.79 Å². The number of hydrogen-bond acceptors (Lipinski definition) is 2. The van der Waals surface area contributed by atoms with Crippen molar-refractivity contribution in [2.45, 2.75) is 26.3 Å². The minimum atomic E-state index is 0.0254. The van der Waals surface area contributed by atoms with E-state index in [1.807, 2.05) is 17.0 Å². The van der Waals surface area contributed by atoms with E-state index >= 15 is 0 Å². The van der Waals surface area contributed by atoms with E-state index < -0.39 is 0 Å². The predicted molar refractivity (Wildman–Crippen MR) is 91.3 cm³/mol. The van der Waals surface area contributed by atoms with Gasteiger partial charge in [-0.3, -0.25) is 4.79 Å². The Morgan fingerprint density at radius 2 is 2.09 bits per heavy atom. The number of aromatic nitrogens is 1. The molecule has 4 heteroatoms. The molecule has 0 fully saturated rings. The number of benzene rings is 1. The van der Waals surface area contributed by atoms with Gasteiger partial charge in [-0.05, 0) is 30.0 Å². The monoisotopic (exact) mass is 310 g/mol. The zero-order valence-corrected chi connectivity index (χ0v) is 13.7. The molecule has 0 radical (unpaired) electrons. The average Bonchev–Trinajstić information content (AvgIpc) is 3.20. The summed E-state index contributed by atoms with van der Waals surface area (Å²) in [5, 5.41) is 1.20. The molecule has 0 atom stereocenters. The van der Waals surface area contributed by atoms with Crippen molar-refractivity contribution in [2.24, 2.45) is 7.05 Å². The Kier molecular flexibility index (Phi) is 4.51. The van der Waals surface area contributed by atoms with Crippen molar-refractivity contribution < 1.29 is 9.21 Å². The molecule has 3 aromatic rings. The van der Waals surface area contributed by atoms with Crippen LogP contribution in [0, 0.1) is 0 Å². The Bertz CT molecular complexity index is 787. The lowest BCUT2D eigenvalue weighted by atomic mass is 10.2. The second kappa shape index (κ2) is 6.73. The molecule has 4 nitrogen and oxygen atoms in total. The van der Waals surface area contributed by atoms with Crippen molar-refractivity contribution in [3.05, 3.63) is 60.2 Å². The zero-order valence-electron chi connectivity index (χ0n) is 13.7. The first-order valence-electron chi connectivity index (χ1n) is 8.05. The second-order valence-electron chi connectivity index (χ2n) is 5.85. The summed E-state index contributed by atoms with van der Waals surface area (Å²) in [5.74, 6) is 0.0254. The summed E-state index contributed by atoms with van der Waals surface area (Å²) < 4.78 is 7.22. The molecule has 0 bridgehead atoms. The summed E-state index contributed by atoms with van der Waals surface area (Å²) in [6, 6.07) is 12.2. The van der Waals surface area contributed by atoms with E-state index in [1.165, 1.54) is 17.2 Å². The highest BCUT2D eigenvalue weighted by Crippen LogP contribution is 2.20. The molecule has 0 aliphatic heterocycles. The molecule has 0 unspecified atom stereocenters. The van der Waals surface area contributed by atoms with Crippen LogP contribution in [-0.2, 0) is 13.6 Å². The number of hydrogen-bond donors (Lipinski definition) is 0. The topological polar surface area (TPSA) is 38.4 Å². The van der Waals surface area contributed by atoms with Gasteiger partial charge in [-0.25, -0.2) is 0 Å². The fourth-order valence-electron chi connectivity index (χ4n) is 2.86. The largest absolute Gasteiger partial charge is 0.472 e. The van der Waals surface area contributed by atoms with E-state index in [1.54, 1.807) is 12.3 Å². The number of carbonyl (C=O) groups excluding carboxylic acids is 1. The lowest BCUT2D eigenvalue weighted by Gasteiger charge is -2.22. The Morgan fingerprint density at radius 3 is 2.78 bits per heavy atom. The maximum Gasteiger partial charge on any atom is 0.257 e. The average molecular weight is 310 g/mol. The molecule has 3 rings (SSSR count). The number of para-hydroxylation sites is 1. The number of rotatable bonds is 6. The van der Waals surface area contributed by atoms with Crippen LogP contribution in [0.4, 0.5) is 0 Å². The van der Waals surface area contributed by atoms with Crippen LogP contribution in [0.3, 0.4) is 0 Å². The van der Waals surface area contributed by atoms with Crippen LogP contribution in [-0.4, -0.2) is 21.9 Å². The zero-order chi connectivity index (χ0) is 16.2. The lowest BCUT2D eigenvalue weighted by molar-refractivity contribution is 0.0737. The van der Waals surface area contributed by atoms with Crippen LogP contribution in [0.15, 0.2) is 53.3 Å². The third-order valence-corrected chi connectivity index (χ3v) is 4.24. The molecule has 0 spiro atoms. The van der Waals surface area contributed by atoms with Gasteiger partial charge in [0, 0.05) is 24.8 Å². The van der Waals surface area contributed by atoms with Gasteiger partial charge >= 0.3 is 0 Å². The Hall–Kier alpha value is -2.49. The van der Waals surface area contributed by atoms with Crippen LogP contribution in [0.2, 0.25) is 0 Å². The molecule has 2 heterocycles. The first-order chi connectivity index (χ1) is 11.2. The van der Waals surface area contributed by atoms with Crippen molar-refractivity contribution in [3.63, 3.8) is 0 Å². The Labute approximate surface area is 136 Å². The van der Waals surface area contributed by atoms with E-state index in [0.29, 0.717) is 12.1 Å². The first kappa shape index (κ1) is 15.4. The Balaban J connectivity index is 1.87. The predicted octanol–water partition coefficient (Wildman–Crippen LogP) is 4.21. The minimum Gasteiger partial charge on any atom is -0.472 e. The van der Waals surface area contributed by atoms with Crippen molar-refractivity contribution in [2.75, 3.05) is 6.54 Å². The number of fused-ring (bicyclic) bond motifs is 1. The maximum absolute atomic E-state index is 12.7. The van der Waals surface area contributed by atoms with Gasteiger partial charge in [-0.15, -0.1) is 0 Å². The molecule has 0 N–H and O–H groups in total. The van der Waals surface area contributed by atoms with Crippen LogP contribution >= 0.6 is 0 Å². The highest BCUT2D eigenvalue weighted by atomic mass is 16.3. The summed E-state index contributed by atoms with van der Waals surface area (Å²) in [4.78, 5) is 14.6. The summed E-state index contributed by atoms with van der Waals surface area (Å²) >= 11 is 0. The second-order valence-corrected chi connectivity index (χ2v) is 5.85. The van der Waals surface area contributed by atoms with Crippen LogP contribution < -0.4 is 0 Å². The van der Waals surface area contributed by atoms with Crippen molar-refractivity contribution >= 4 is 16.8 Å². The molecule has 0 saturated carbocycles. The van der Waals surface area contributed by atoms with Crippen molar-refractivity contribution in [3.8, 4) is 0 Å². The Morgan fingerprint density at radius 1 is 1.26 bits per heavy atom. The number of unbranched alkanes of at least 4 members (excludes halogenated alkanes) is 1. The maximum atomic E-state index is 12.7. The first-order valence-corrected chi connectivity index (χ1v) is 8.05. The highest BCUT2D eigenvalue weighted by Gasteiger charge is 2.18. The number of nitrogens with zero attached hydrogens (tertiary/aromatic N) is 2. The summed E-state index contributed by atoms with van der Waals surface area (Å²) in [6.45, 7) is 3.49. The molecular weight excluding hydrogens is 288 g/mol. The van der Waals surface area contributed by atoms with Gasteiger partial charge in [-0.1, -0.05) is 31.5 Å². The van der Waals surface area contributed by atoms with Crippen molar-refractivity contribution in [1.82, 2.24) is 9.47 Å². The van der Waals surface area contributed by atoms with Gasteiger partial charge in [0.2, 0.25) is 0 Å². The van der Waals surface area contributed by atoms with E-state index in [0.717, 1.165) is 25.1 Å². The smallest absolute Gasteiger partial charge is 0.257 e. The lowest BCUT2D eigenvalue weighted by Crippen LogP contribution is -2.32. The number of carbonyl (C=O) groups is 1. The standard InChI is InChI=1S/C19H22N2O2/c1-3-4-10-21(19(22)16-9-11-23-14-16)13-17-12-15-7-5-6-8-18(15)20(17)2/h5-9,11-12,14H,3-4,10,13H2,1-2H3. The molecule has 0 aliphatic carbocycles. The normalized spacial score (nSPS) is 11.0. The van der Waals surface area contributed by atoms with E-state index in [4.69, 9.17) is 4.42 Å². The van der Waals surface area contributed by atoms with Gasteiger partial charge in [0.05, 0.1) is 18.4 Å². The molecule has 120 valence electrons. The summed E-state index contributed by atoms with van der Waals surface area (Å²) in [6.07, 6.45) is 5.11. The van der Waals surface area contributed by atoms with Crippen LogP contribution in [0.25, 0.3) is 10.9 Å². The van der Waals surface area contributed by atoms with Crippen LogP contribution in [0.1, 0.15) is 35.8 Å². The molecular formula is C19H22N2O2. The molecule has 1 aromatic carbocycles. The van der Waals surface area contributed by atoms with Gasteiger partial charge in [0.25, 0.3) is 5.91 Å². The van der Waals surface area contributed by atoms with Gasteiger partial charge in [0.15, 0.2) is 0 Å². The molecule has 0 saturated heterocycles. The molecule has 1 amide bonds. The van der Waals surface area contributed by atoms with Gasteiger partial charge < -0.3 is 13.9 Å². The number of furan rings is 1. The fourth-order valence-corrected chi connectivity index (χ4v) is 2.86. The quantitative estimate of drug-likeness (QED) is 0.684. The van der Waals surface area contributed by atoms with E-state index in [-0.39, 0.29) is 5.91 Å². The number of aryl methyl sites for hydroxylation is 1. The third-order valence-electron chi connectivity index (χ3n) is 4.24. The van der Waals surface area contributed by atoms with Gasteiger partial charge in [0.1, 0.15) is 6.26 Å². The fraction of sp³-hybridized carbons (Fsp3) is 0.316. The summed E-state index contributed by atoms with van der Waals surface area (Å²) in [7, 11) is 2.05. The minimum absolute atomic E-state index is 0.0254. The third kappa shape index (κ3) is 3.16. The van der Waals surface area contributed by atoms with Crippen LogP contribution in [0.5, 0.6) is 0 Å². The number of amides is 1. The van der Waals surface area contributed by atoms with E-state index in [2.05, 4.69) is 36.7 Å². The summed E-state index contributed by atoms with van der Waals surface area (Å²) in [5.41, 5.74) is 2.94. The van der Waals surface area contributed by atoms with Gasteiger partial charge in [-0.2, -0.15) is 0 Å². The van der Waals surface area contributed by atoms with Crippen molar-refractivity contribution in [1.29, 1.82) is 0 Å². The molecule has 23 heavy (non-hydrogen) atoms. The molecule has 0 aliphatic rings.